The Bertz CT molecular complexity index is 780. The fourth-order valence-electron chi connectivity index (χ4n) is 2.69. The van der Waals surface area contributed by atoms with Gasteiger partial charge in [-0.25, -0.2) is 0 Å². The van der Waals surface area contributed by atoms with E-state index in [1.165, 1.54) is 4.90 Å². The fraction of sp³-hybridized carbons (Fsp3) is 0.421. The molecule has 1 saturated heterocycles. The Morgan fingerprint density at radius 3 is 2.69 bits per heavy atom. The fourth-order valence-corrected chi connectivity index (χ4v) is 2.69. The van der Waals surface area contributed by atoms with E-state index in [1.54, 1.807) is 6.07 Å². The second-order valence-electron chi connectivity index (χ2n) is 7.35. The molecule has 1 aromatic heterocycles. The first-order valence-electron chi connectivity index (χ1n) is 8.54. The maximum Gasteiger partial charge on any atom is 0.251 e. The van der Waals surface area contributed by atoms with E-state index in [4.69, 9.17) is 9.26 Å². The van der Waals surface area contributed by atoms with Crippen molar-refractivity contribution in [3.63, 3.8) is 0 Å². The third-order valence-corrected chi connectivity index (χ3v) is 4.22. The number of nitrogens with one attached hydrogen (secondary N) is 1. The van der Waals surface area contributed by atoms with Gasteiger partial charge < -0.3 is 14.2 Å². The molecule has 0 aliphatic carbocycles. The van der Waals surface area contributed by atoms with Gasteiger partial charge in [-0.05, 0) is 5.56 Å². The van der Waals surface area contributed by atoms with Crippen molar-refractivity contribution in [1.82, 2.24) is 10.1 Å². The van der Waals surface area contributed by atoms with Gasteiger partial charge in [0.05, 0.1) is 12.3 Å². The number of rotatable bonds is 4. The first kappa shape index (κ1) is 18.1. The monoisotopic (exact) mass is 357 g/mol. The van der Waals surface area contributed by atoms with Crippen LogP contribution in [0.5, 0.6) is 0 Å². The van der Waals surface area contributed by atoms with Gasteiger partial charge in [0.1, 0.15) is 12.6 Å². The van der Waals surface area contributed by atoms with Crippen LogP contribution in [0.3, 0.4) is 0 Å². The summed E-state index contributed by atoms with van der Waals surface area (Å²) in [6.45, 7) is 6.49. The van der Waals surface area contributed by atoms with E-state index >= 15 is 0 Å². The Kier molecular flexibility index (Phi) is 5.08. The molecule has 0 spiro atoms. The quantitative estimate of drug-likeness (QED) is 0.908. The molecule has 1 atom stereocenters. The number of hydrogen-bond acceptors (Lipinski definition) is 5. The minimum Gasteiger partial charge on any atom is -0.369 e. The van der Waals surface area contributed by atoms with Gasteiger partial charge in [0.15, 0.2) is 0 Å². The zero-order chi connectivity index (χ0) is 18.7. The van der Waals surface area contributed by atoms with Gasteiger partial charge in [0.2, 0.25) is 11.8 Å². The number of nitrogens with zero attached hydrogens (tertiary/aromatic N) is 2. The molecule has 3 rings (SSSR count). The van der Waals surface area contributed by atoms with Crippen LogP contribution in [0, 0.1) is 0 Å². The lowest BCUT2D eigenvalue weighted by Crippen LogP contribution is -2.54. The number of benzene rings is 1. The average molecular weight is 357 g/mol. The molecule has 7 heteroatoms. The van der Waals surface area contributed by atoms with Gasteiger partial charge in [-0.15, -0.1) is 0 Å². The molecule has 0 saturated carbocycles. The third-order valence-electron chi connectivity index (χ3n) is 4.22. The van der Waals surface area contributed by atoms with E-state index in [9.17, 15) is 9.59 Å². The maximum atomic E-state index is 12.7. The molecule has 2 heterocycles. The number of hydrogen-bond donors (Lipinski definition) is 1. The number of aromatic nitrogens is 1. The Labute approximate surface area is 152 Å². The number of carbonyl (C=O) groups is 2. The van der Waals surface area contributed by atoms with E-state index in [-0.39, 0.29) is 36.3 Å². The van der Waals surface area contributed by atoms with E-state index in [0.717, 1.165) is 11.3 Å². The largest absolute Gasteiger partial charge is 0.369 e. The Morgan fingerprint density at radius 2 is 2.04 bits per heavy atom. The molecule has 1 aliphatic heterocycles. The topological polar surface area (TPSA) is 84.7 Å². The SMILES string of the molecule is CC(C)(C)c1cc(NC(=O)[C@@H]2COCC(=O)N2Cc2ccccc2)on1. The van der Waals surface area contributed by atoms with Crippen molar-refractivity contribution in [3.8, 4) is 0 Å². The van der Waals surface area contributed by atoms with Crippen LogP contribution in [0.15, 0.2) is 40.9 Å². The zero-order valence-electron chi connectivity index (χ0n) is 15.2. The maximum absolute atomic E-state index is 12.7. The normalized spacial score (nSPS) is 18.0. The average Bonchev–Trinajstić information content (AvgIpc) is 3.06. The van der Waals surface area contributed by atoms with Crippen LogP contribution >= 0.6 is 0 Å². The predicted molar refractivity (Wildman–Crippen MR) is 95.4 cm³/mol. The molecule has 138 valence electrons. The van der Waals surface area contributed by atoms with E-state index in [1.807, 2.05) is 51.1 Å². The molecule has 1 aromatic carbocycles. The number of ether oxygens (including phenoxy) is 1. The summed E-state index contributed by atoms with van der Waals surface area (Å²) >= 11 is 0. The summed E-state index contributed by atoms with van der Waals surface area (Å²) in [6.07, 6.45) is 0. The molecule has 7 nitrogen and oxygen atoms in total. The molecule has 0 radical (unpaired) electrons. The van der Waals surface area contributed by atoms with Crippen molar-refractivity contribution in [2.24, 2.45) is 0 Å². The number of carbonyl (C=O) groups excluding carboxylic acids is 2. The Hall–Kier alpha value is -2.67. The Balaban J connectivity index is 1.73. The van der Waals surface area contributed by atoms with Crippen LogP contribution in [-0.2, 0) is 26.3 Å². The third kappa shape index (κ3) is 4.11. The zero-order valence-corrected chi connectivity index (χ0v) is 15.2. The van der Waals surface area contributed by atoms with E-state index < -0.39 is 6.04 Å². The van der Waals surface area contributed by atoms with Crippen molar-refractivity contribution in [1.29, 1.82) is 0 Å². The summed E-state index contributed by atoms with van der Waals surface area (Å²) in [6, 6.07) is 10.5. The molecular formula is C19H23N3O4. The highest BCUT2D eigenvalue weighted by molar-refractivity contribution is 5.97. The molecule has 26 heavy (non-hydrogen) atoms. The van der Waals surface area contributed by atoms with Crippen LogP contribution in [0.1, 0.15) is 32.0 Å². The number of amides is 2. The number of morpholine rings is 1. The van der Waals surface area contributed by atoms with E-state index in [2.05, 4.69) is 10.5 Å². The minimum absolute atomic E-state index is 0.0207. The van der Waals surface area contributed by atoms with Crippen LogP contribution in [0.4, 0.5) is 5.88 Å². The molecular weight excluding hydrogens is 334 g/mol. The Morgan fingerprint density at radius 1 is 1.31 bits per heavy atom. The molecule has 0 bridgehead atoms. The first-order valence-corrected chi connectivity index (χ1v) is 8.54. The lowest BCUT2D eigenvalue weighted by atomic mass is 9.92. The van der Waals surface area contributed by atoms with Crippen LogP contribution in [0.2, 0.25) is 0 Å². The second kappa shape index (κ2) is 7.29. The standard InChI is InChI=1S/C19H23N3O4/c1-19(2,3)15-9-16(26-21-15)20-18(24)14-11-25-12-17(23)22(14)10-13-7-5-4-6-8-13/h4-9,14H,10-12H2,1-3H3,(H,20,24)/t14-/m0/s1. The van der Waals surface area contributed by atoms with Gasteiger partial charge in [-0.2, -0.15) is 0 Å². The lowest BCUT2D eigenvalue weighted by Gasteiger charge is -2.34. The van der Waals surface area contributed by atoms with E-state index in [0.29, 0.717) is 6.54 Å². The summed E-state index contributed by atoms with van der Waals surface area (Å²) in [7, 11) is 0. The minimum atomic E-state index is -0.723. The summed E-state index contributed by atoms with van der Waals surface area (Å²) in [4.78, 5) is 26.5. The van der Waals surface area contributed by atoms with Crippen molar-refractivity contribution < 1.29 is 18.8 Å². The highest BCUT2D eigenvalue weighted by Crippen LogP contribution is 2.24. The van der Waals surface area contributed by atoms with Crippen LogP contribution < -0.4 is 5.32 Å². The first-order chi connectivity index (χ1) is 12.3. The molecule has 2 aromatic rings. The molecule has 1 aliphatic rings. The predicted octanol–water partition coefficient (Wildman–Crippen LogP) is 2.34. The van der Waals surface area contributed by atoms with Crippen LogP contribution in [-0.4, -0.2) is 41.1 Å². The van der Waals surface area contributed by atoms with Crippen LogP contribution in [0.25, 0.3) is 0 Å². The van der Waals surface area contributed by atoms with Crippen molar-refractivity contribution >= 4 is 17.7 Å². The number of anilines is 1. The smallest absolute Gasteiger partial charge is 0.251 e. The lowest BCUT2D eigenvalue weighted by molar-refractivity contribution is -0.154. The summed E-state index contributed by atoms with van der Waals surface area (Å²) in [5.74, 6) is -0.309. The summed E-state index contributed by atoms with van der Waals surface area (Å²) in [5.41, 5.74) is 1.51. The van der Waals surface area contributed by atoms with Gasteiger partial charge in [0.25, 0.3) is 5.91 Å². The van der Waals surface area contributed by atoms with Gasteiger partial charge in [-0.3, -0.25) is 14.9 Å². The molecule has 1 N–H and O–H groups in total. The molecule has 0 unspecified atom stereocenters. The second-order valence-corrected chi connectivity index (χ2v) is 7.35. The summed E-state index contributed by atoms with van der Waals surface area (Å²) in [5, 5.41) is 6.68. The van der Waals surface area contributed by atoms with Crippen molar-refractivity contribution in [2.45, 2.75) is 38.8 Å². The molecule has 1 fully saturated rings. The van der Waals surface area contributed by atoms with Gasteiger partial charge in [-0.1, -0.05) is 56.3 Å². The van der Waals surface area contributed by atoms with Gasteiger partial charge >= 0.3 is 0 Å². The van der Waals surface area contributed by atoms with Crippen molar-refractivity contribution in [2.75, 3.05) is 18.5 Å². The summed E-state index contributed by atoms with van der Waals surface area (Å²) < 4.78 is 10.5. The highest BCUT2D eigenvalue weighted by atomic mass is 16.5. The van der Waals surface area contributed by atoms with Gasteiger partial charge in [0, 0.05) is 18.0 Å². The van der Waals surface area contributed by atoms with Crippen molar-refractivity contribution in [3.05, 3.63) is 47.7 Å². The highest BCUT2D eigenvalue weighted by Gasteiger charge is 2.34. The molecule has 2 amide bonds.